The second-order valence-electron chi connectivity index (χ2n) is 5.85. The van der Waals surface area contributed by atoms with Crippen LogP contribution in [0.5, 0.6) is 11.5 Å². The van der Waals surface area contributed by atoms with E-state index in [0.717, 1.165) is 35.5 Å². The number of hydrogen-bond donors (Lipinski definition) is 1. The van der Waals surface area contributed by atoms with Crippen LogP contribution >= 0.6 is 11.8 Å². The summed E-state index contributed by atoms with van der Waals surface area (Å²) in [6, 6.07) is 15.3. The van der Waals surface area contributed by atoms with E-state index in [1.807, 2.05) is 48.5 Å². The van der Waals surface area contributed by atoms with Crippen LogP contribution in [0.3, 0.4) is 0 Å². The minimum atomic E-state index is -0.159. The number of nitrogens with one attached hydrogen (secondary N) is 1. The Balaban J connectivity index is 1.90. The number of benzene rings is 2. The molecule has 1 N–H and O–H groups in total. The van der Waals surface area contributed by atoms with Crippen molar-refractivity contribution in [2.45, 2.75) is 31.1 Å². The van der Waals surface area contributed by atoms with E-state index in [9.17, 15) is 4.79 Å². The van der Waals surface area contributed by atoms with Crippen molar-refractivity contribution >= 4 is 23.9 Å². The second kappa shape index (κ2) is 12.0. The Hall–Kier alpha value is -2.47. The van der Waals surface area contributed by atoms with Crippen molar-refractivity contribution in [2.24, 2.45) is 5.10 Å². The lowest BCUT2D eigenvalue weighted by Gasteiger charge is -2.10. The third kappa shape index (κ3) is 7.74. The highest BCUT2D eigenvalue weighted by Crippen LogP contribution is 2.23. The predicted octanol–water partition coefficient (Wildman–Crippen LogP) is 4.51. The zero-order chi connectivity index (χ0) is 19.3. The summed E-state index contributed by atoms with van der Waals surface area (Å²) in [6.45, 7) is 2.81. The van der Waals surface area contributed by atoms with Crippen molar-refractivity contribution in [3.8, 4) is 11.5 Å². The molecule has 0 spiro atoms. The van der Waals surface area contributed by atoms with Gasteiger partial charge in [0.15, 0.2) is 0 Å². The normalized spacial score (nSPS) is 10.7. The molecule has 0 radical (unpaired) electrons. The lowest BCUT2D eigenvalue weighted by Crippen LogP contribution is -2.19. The number of hydrazone groups is 1. The number of hydrogen-bond acceptors (Lipinski definition) is 5. The van der Waals surface area contributed by atoms with E-state index in [2.05, 4.69) is 17.5 Å². The van der Waals surface area contributed by atoms with Gasteiger partial charge in [-0.2, -0.15) is 5.10 Å². The van der Waals surface area contributed by atoms with Gasteiger partial charge in [-0.15, -0.1) is 11.8 Å². The van der Waals surface area contributed by atoms with Crippen molar-refractivity contribution in [3.63, 3.8) is 0 Å². The molecule has 6 heteroatoms. The number of unbranched alkanes of at least 4 members (excludes halogenated alkanes) is 2. The largest absolute Gasteiger partial charge is 0.497 e. The number of amides is 1. The van der Waals surface area contributed by atoms with Crippen LogP contribution in [0.25, 0.3) is 0 Å². The molecule has 0 saturated heterocycles. The molecule has 144 valence electrons. The van der Waals surface area contributed by atoms with E-state index in [-0.39, 0.29) is 5.91 Å². The van der Waals surface area contributed by atoms with E-state index in [1.54, 1.807) is 13.3 Å². The van der Waals surface area contributed by atoms with Gasteiger partial charge in [-0.25, -0.2) is 5.43 Å². The van der Waals surface area contributed by atoms with Gasteiger partial charge in [-0.3, -0.25) is 4.79 Å². The number of carbonyl (C=O) groups excluding carboxylic acids is 1. The molecule has 0 heterocycles. The van der Waals surface area contributed by atoms with Crippen LogP contribution in [0.2, 0.25) is 0 Å². The second-order valence-corrected chi connectivity index (χ2v) is 6.90. The Morgan fingerprint density at radius 1 is 1.19 bits per heavy atom. The molecule has 0 aliphatic carbocycles. The molecule has 0 bridgehead atoms. The molecular weight excluding hydrogens is 360 g/mol. The Labute approximate surface area is 165 Å². The van der Waals surface area contributed by atoms with E-state index in [1.165, 1.54) is 11.8 Å². The molecule has 0 atom stereocenters. The summed E-state index contributed by atoms with van der Waals surface area (Å²) >= 11 is 1.47. The van der Waals surface area contributed by atoms with Crippen molar-refractivity contribution < 1.29 is 14.3 Å². The number of carbonyl (C=O) groups is 1. The fraction of sp³-hybridized carbons (Fsp3) is 0.333. The van der Waals surface area contributed by atoms with Crippen molar-refractivity contribution in [3.05, 3.63) is 54.1 Å². The van der Waals surface area contributed by atoms with E-state index < -0.39 is 0 Å². The highest BCUT2D eigenvalue weighted by Gasteiger charge is 2.05. The average Bonchev–Trinajstić information content (AvgIpc) is 2.71. The zero-order valence-corrected chi connectivity index (χ0v) is 16.6. The standard InChI is InChI=1S/C21H26N2O3S/c1-3-4-8-13-26-20-12-11-18(25-2)14-17(20)15-22-23-21(24)16-27-19-9-6-5-7-10-19/h5-7,9-12,14-15H,3-4,8,13,16H2,1-2H3,(H,23,24)/b22-15+. The monoisotopic (exact) mass is 386 g/mol. The van der Waals surface area contributed by atoms with Crippen molar-refractivity contribution in [1.82, 2.24) is 5.43 Å². The van der Waals surface area contributed by atoms with Crippen LogP contribution in [-0.2, 0) is 4.79 Å². The number of ether oxygens (including phenoxy) is 2. The van der Waals surface area contributed by atoms with Gasteiger partial charge in [0.1, 0.15) is 11.5 Å². The fourth-order valence-corrected chi connectivity index (χ4v) is 3.00. The fourth-order valence-electron chi connectivity index (χ4n) is 2.29. The molecule has 0 saturated carbocycles. The summed E-state index contributed by atoms with van der Waals surface area (Å²) in [7, 11) is 1.61. The Morgan fingerprint density at radius 2 is 2.00 bits per heavy atom. The zero-order valence-electron chi connectivity index (χ0n) is 15.8. The first-order valence-corrected chi connectivity index (χ1v) is 10.0. The van der Waals surface area contributed by atoms with Crippen LogP contribution in [0.4, 0.5) is 0 Å². The maximum atomic E-state index is 12.0. The van der Waals surface area contributed by atoms with Crippen LogP contribution in [-0.4, -0.2) is 31.6 Å². The smallest absolute Gasteiger partial charge is 0.250 e. The molecule has 2 rings (SSSR count). The first-order valence-electron chi connectivity index (χ1n) is 9.03. The summed E-state index contributed by atoms with van der Waals surface area (Å²) in [6.07, 6.45) is 4.87. The van der Waals surface area contributed by atoms with Gasteiger partial charge in [0.05, 0.1) is 25.7 Å². The van der Waals surface area contributed by atoms with E-state index in [0.29, 0.717) is 18.1 Å². The molecule has 27 heavy (non-hydrogen) atoms. The van der Waals surface area contributed by atoms with Gasteiger partial charge in [-0.05, 0) is 36.8 Å². The average molecular weight is 387 g/mol. The van der Waals surface area contributed by atoms with Gasteiger partial charge >= 0.3 is 0 Å². The summed E-state index contributed by atoms with van der Waals surface area (Å²) < 4.78 is 11.1. The molecule has 2 aromatic rings. The molecule has 0 unspecified atom stereocenters. The molecular formula is C21H26N2O3S. The lowest BCUT2D eigenvalue weighted by molar-refractivity contribution is -0.118. The van der Waals surface area contributed by atoms with Crippen LogP contribution in [0.15, 0.2) is 58.5 Å². The molecule has 5 nitrogen and oxygen atoms in total. The molecule has 2 aromatic carbocycles. The summed E-state index contributed by atoms with van der Waals surface area (Å²) in [5.41, 5.74) is 3.32. The first-order chi connectivity index (χ1) is 13.2. The Kier molecular flexibility index (Phi) is 9.27. The van der Waals surface area contributed by atoms with Crippen molar-refractivity contribution in [1.29, 1.82) is 0 Å². The number of rotatable bonds is 11. The molecule has 1 amide bonds. The first kappa shape index (κ1) is 20.8. The van der Waals surface area contributed by atoms with Gasteiger partial charge in [0.2, 0.25) is 5.91 Å². The quantitative estimate of drug-likeness (QED) is 0.267. The Morgan fingerprint density at radius 3 is 2.74 bits per heavy atom. The number of methoxy groups -OCH3 is 1. The third-order valence-corrected chi connectivity index (χ3v) is 4.74. The highest BCUT2D eigenvalue weighted by molar-refractivity contribution is 8.00. The topological polar surface area (TPSA) is 59.9 Å². The van der Waals surface area contributed by atoms with E-state index in [4.69, 9.17) is 9.47 Å². The maximum absolute atomic E-state index is 12.0. The van der Waals surface area contributed by atoms with Crippen molar-refractivity contribution in [2.75, 3.05) is 19.5 Å². The SMILES string of the molecule is CCCCCOc1ccc(OC)cc1/C=N/NC(=O)CSc1ccccc1. The van der Waals surface area contributed by atoms with Gasteiger partial charge < -0.3 is 9.47 Å². The van der Waals surface area contributed by atoms with Crippen LogP contribution < -0.4 is 14.9 Å². The summed E-state index contributed by atoms with van der Waals surface area (Å²) in [5.74, 6) is 1.58. The minimum Gasteiger partial charge on any atom is -0.497 e. The van der Waals surface area contributed by atoms with Gasteiger partial charge in [0, 0.05) is 10.5 Å². The Bertz CT molecular complexity index is 735. The third-order valence-electron chi connectivity index (χ3n) is 3.73. The van der Waals surface area contributed by atoms with Gasteiger partial charge in [-0.1, -0.05) is 38.0 Å². The van der Waals surface area contributed by atoms with Gasteiger partial charge in [0.25, 0.3) is 0 Å². The lowest BCUT2D eigenvalue weighted by atomic mass is 10.2. The number of nitrogens with zero attached hydrogens (tertiary/aromatic N) is 1. The van der Waals surface area contributed by atoms with E-state index >= 15 is 0 Å². The summed E-state index contributed by atoms with van der Waals surface area (Å²) in [5, 5.41) is 4.06. The summed E-state index contributed by atoms with van der Waals surface area (Å²) in [4.78, 5) is 13.0. The van der Waals surface area contributed by atoms with Crippen LogP contribution in [0, 0.1) is 0 Å². The minimum absolute atomic E-state index is 0.159. The number of thioether (sulfide) groups is 1. The molecule has 0 aromatic heterocycles. The maximum Gasteiger partial charge on any atom is 0.250 e. The predicted molar refractivity (Wildman–Crippen MR) is 111 cm³/mol. The molecule has 0 aliphatic heterocycles. The molecule has 0 fully saturated rings. The van der Waals surface area contributed by atoms with Crippen LogP contribution in [0.1, 0.15) is 31.7 Å². The highest BCUT2D eigenvalue weighted by atomic mass is 32.2. The molecule has 0 aliphatic rings.